The number of rotatable bonds is 1. The summed E-state index contributed by atoms with van der Waals surface area (Å²) in [6.07, 6.45) is 1.37. The van der Waals surface area contributed by atoms with Gasteiger partial charge >= 0.3 is 0 Å². The molecule has 1 aliphatic rings. The topological polar surface area (TPSA) is 55.0 Å². The Morgan fingerprint density at radius 2 is 2.12 bits per heavy atom. The quantitative estimate of drug-likeness (QED) is 0.778. The van der Waals surface area contributed by atoms with E-state index in [0.29, 0.717) is 18.1 Å². The fourth-order valence-electron chi connectivity index (χ4n) is 2.01. The van der Waals surface area contributed by atoms with Crippen LogP contribution in [-0.4, -0.2) is 16.6 Å². The van der Waals surface area contributed by atoms with Crippen molar-refractivity contribution in [2.75, 3.05) is 6.61 Å². The van der Waals surface area contributed by atoms with Crippen LogP contribution in [-0.2, 0) is 0 Å². The van der Waals surface area contributed by atoms with Crippen LogP contribution in [0.25, 0.3) is 0 Å². The maximum atomic E-state index is 11.7. The Balaban J connectivity index is 2.14. The summed E-state index contributed by atoms with van der Waals surface area (Å²) < 4.78 is 5.42. The van der Waals surface area contributed by atoms with Gasteiger partial charge in [0.2, 0.25) is 5.88 Å². The monoisotopic (exact) mass is 214 g/mol. The molecule has 1 aromatic carbocycles. The molecule has 1 aromatic heterocycles. The predicted molar refractivity (Wildman–Crippen MR) is 58.6 cm³/mol. The minimum absolute atomic E-state index is 0.00588. The number of nitrogens with one attached hydrogen (secondary N) is 1. The normalized spacial score (nSPS) is 17.9. The van der Waals surface area contributed by atoms with Gasteiger partial charge in [0.15, 0.2) is 0 Å². The van der Waals surface area contributed by atoms with Gasteiger partial charge in [-0.25, -0.2) is 4.98 Å². The van der Waals surface area contributed by atoms with Crippen molar-refractivity contribution in [1.29, 1.82) is 0 Å². The molecule has 4 heteroatoms. The zero-order valence-corrected chi connectivity index (χ0v) is 8.51. The van der Waals surface area contributed by atoms with E-state index in [9.17, 15) is 4.79 Å². The molecule has 0 radical (unpaired) electrons. The first-order valence-corrected chi connectivity index (χ1v) is 5.11. The van der Waals surface area contributed by atoms with Crippen molar-refractivity contribution >= 4 is 0 Å². The molecular weight excluding hydrogens is 204 g/mol. The number of H-pyrrole nitrogens is 1. The molecule has 0 aliphatic carbocycles. The summed E-state index contributed by atoms with van der Waals surface area (Å²) in [5.74, 6) is 0.450. The smallest absolute Gasteiger partial charge is 0.258 e. The predicted octanol–water partition coefficient (Wildman–Crippen LogP) is 1.29. The van der Waals surface area contributed by atoms with E-state index in [1.54, 1.807) is 0 Å². The van der Waals surface area contributed by atoms with Gasteiger partial charge in [-0.15, -0.1) is 0 Å². The van der Waals surface area contributed by atoms with Gasteiger partial charge in [0.1, 0.15) is 6.61 Å². The van der Waals surface area contributed by atoms with Crippen LogP contribution >= 0.6 is 0 Å². The molecule has 4 nitrogen and oxygen atoms in total. The van der Waals surface area contributed by atoms with Crippen LogP contribution in [0.15, 0.2) is 41.5 Å². The van der Waals surface area contributed by atoms with Crippen molar-refractivity contribution in [1.82, 2.24) is 9.97 Å². The third-order valence-electron chi connectivity index (χ3n) is 2.79. The van der Waals surface area contributed by atoms with Crippen LogP contribution in [0.4, 0.5) is 0 Å². The average Bonchev–Trinajstić information content (AvgIpc) is 2.75. The highest BCUT2D eigenvalue weighted by molar-refractivity contribution is 5.39. The first-order valence-electron chi connectivity index (χ1n) is 5.11. The minimum atomic E-state index is -0.114. The lowest BCUT2D eigenvalue weighted by Crippen LogP contribution is -2.15. The SMILES string of the molecule is O=c1[nH]cnc2c1C(c1ccccc1)CO2. The van der Waals surface area contributed by atoms with Gasteiger partial charge < -0.3 is 9.72 Å². The van der Waals surface area contributed by atoms with E-state index in [1.807, 2.05) is 30.3 Å². The summed E-state index contributed by atoms with van der Waals surface area (Å²) in [7, 11) is 0. The van der Waals surface area contributed by atoms with E-state index in [-0.39, 0.29) is 11.5 Å². The molecule has 16 heavy (non-hydrogen) atoms. The average molecular weight is 214 g/mol. The molecule has 1 aliphatic heterocycles. The van der Waals surface area contributed by atoms with E-state index in [1.165, 1.54) is 6.33 Å². The highest BCUT2D eigenvalue weighted by Gasteiger charge is 2.29. The van der Waals surface area contributed by atoms with Gasteiger partial charge in [0, 0.05) is 0 Å². The number of ether oxygens (including phenoxy) is 1. The van der Waals surface area contributed by atoms with Crippen molar-refractivity contribution in [2.24, 2.45) is 0 Å². The van der Waals surface area contributed by atoms with Gasteiger partial charge in [-0.3, -0.25) is 4.79 Å². The standard InChI is InChI=1S/C12H10N2O2/c15-11-10-9(8-4-2-1-3-5-8)6-16-12(10)14-7-13-11/h1-5,7,9H,6H2,(H,13,14,15). The van der Waals surface area contributed by atoms with Gasteiger partial charge in [-0.2, -0.15) is 0 Å². The zero-order valence-electron chi connectivity index (χ0n) is 8.51. The van der Waals surface area contributed by atoms with Crippen molar-refractivity contribution in [2.45, 2.75) is 5.92 Å². The maximum Gasteiger partial charge on any atom is 0.258 e. The highest BCUT2D eigenvalue weighted by atomic mass is 16.5. The van der Waals surface area contributed by atoms with E-state index < -0.39 is 0 Å². The van der Waals surface area contributed by atoms with Crippen LogP contribution in [0.2, 0.25) is 0 Å². The zero-order chi connectivity index (χ0) is 11.0. The van der Waals surface area contributed by atoms with Crippen LogP contribution in [0.3, 0.4) is 0 Å². The first-order chi connectivity index (χ1) is 7.86. The second-order valence-electron chi connectivity index (χ2n) is 3.72. The van der Waals surface area contributed by atoms with Crippen LogP contribution in [0, 0.1) is 0 Å². The van der Waals surface area contributed by atoms with E-state index in [4.69, 9.17) is 4.74 Å². The number of aromatic nitrogens is 2. The van der Waals surface area contributed by atoms with E-state index in [0.717, 1.165) is 5.56 Å². The largest absolute Gasteiger partial charge is 0.476 e. The van der Waals surface area contributed by atoms with Crippen LogP contribution < -0.4 is 10.3 Å². The molecule has 0 fully saturated rings. The summed E-state index contributed by atoms with van der Waals surface area (Å²) in [4.78, 5) is 18.3. The lowest BCUT2D eigenvalue weighted by molar-refractivity contribution is 0.332. The molecule has 2 heterocycles. The number of fused-ring (bicyclic) bond motifs is 1. The van der Waals surface area contributed by atoms with Gasteiger partial charge in [-0.05, 0) is 5.56 Å². The molecule has 2 aromatic rings. The molecule has 1 atom stereocenters. The molecule has 1 N–H and O–H groups in total. The third kappa shape index (κ3) is 1.31. The number of nitrogens with zero attached hydrogens (tertiary/aromatic N) is 1. The molecule has 3 rings (SSSR count). The lowest BCUT2D eigenvalue weighted by Gasteiger charge is -2.06. The first kappa shape index (κ1) is 9.15. The summed E-state index contributed by atoms with van der Waals surface area (Å²) in [5, 5.41) is 0. The summed E-state index contributed by atoms with van der Waals surface area (Å²) in [6, 6.07) is 9.86. The number of aromatic amines is 1. The maximum absolute atomic E-state index is 11.7. The van der Waals surface area contributed by atoms with Crippen molar-refractivity contribution in [3.63, 3.8) is 0 Å². The van der Waals surface area contributed by atoms with E-state index >= 15 is 0 Å². The number of hydrogen-bond acceptors (Lipinski definition) is 3. The van der Waals surface area contributed by atoms with Gasteiger partial charge in [-0.1, -0.05) is 30.3 Å². The van der Waals surface area contributed by atoms with Crippen molar-refractivity contribution in [3.8, 4) is 5.88 Å². The molecule has 80 valence electrons. The van der Waals surface area contributed by atoms with Crippen molar-refractivity contribution < 1.29 is 4.74 Å². The fraction of sp³-hybridized carbons (Fsp3) is 0.167. The Morgan fingerprint density at radius 1 is 1.31 bits per heavy atom. The van der Waals surface area contributed by atoms with Gasteiger partial charge in [0.25, 0.3) is 5.56 Å². The third-order valence-corrected chi connectivity index (χ3v) is 2.79. The highest BCUT2D eigenvalue weighted by Crippen LogP contribution is 2.33. The Labute approximate surface area is 91.9 Å². The second-order valence-corrected chi connectivity index (χ2v) is 3.72. The summed E-state index contributed by atoms with van der Waals surface area (Å²) >= 11 is 0. The van der Waals surface area contributed by atoms with E-state index in [2.05, 4.69) is 9.97 Å². The molecule has 1 unspecified atom stereocenters. The number of benzene rings is 1. The van der Waals surface area contributed by atoms with Crippen LogP contribution in [0.1, 0.15) is 17.0 Å². The van der Waals surface area contributed by atoms with Crippen LogP contribution in [0.5, 0.6) is 5.88 Å². The molecule has 0 saturated carbocycles. The lowest BCUT2D eigenvalue weighted by atomic mass is 9.95. The Morgan fingerprint density at radius 3 is 2.94 bits per heavy atom. The molecule has 0 saturated heterocycles. The fourth-order valence-corrected chi connectivity index (χ4v) is 2.01. The summed E-state index contributed by atoms with van der Waals surface area (Å²) in [5.41, 5.74) is 1.60. The molecular formula is C12H10N2O2. The Kier molecular flexibility index (Phi) is 1.99. The Hall–Kier alpha value is -2.10. The Bertz CT molecular complexity index is 563. The molecule has 0 amide bonds. The number of hydrogen-bond donors (Lipinski definition) is 1. The molecule has 0 bridgehead atoms. The molecule has 0 spiro atoms. The van der Waals surface area contributed by atoms with Gasteiger partial charge in [0.05, 0.1) is 17.8 Å². The second kappa shape index (κ2) is 3.48. The minimum Gasteiger partial charge on any atom is -0.476 e. The van der Waals surface area contributed by atoms with Crippen molar-refractivity contribution in [3.05, 3.63) is 58.1 Å². The summed E-state index contributed by atoms with van der Waals surface area (Å²) in [6.45, 7) is 0.486.